The highest BCUT2D eigenvalue weighted by atomic mass is 16.3. The Morgan fingerprint density at radius 1 is 1.50 bits per heavy atom. The minimum Gasteiger partial charge on any atom is -0.396 e. The molecule has 4 heteroatoms. The van der Waals surface area contributed by atoms with E-state index in [2.05, 4.69) is 10.3 Å². The van der Waals surface area contributed by atoms with Gasteiger partial charge in [-0.15, -0.1) is 0 Å². The Labute approximate surface area is 95.7 Å². The van der Waals surface area contributed by atoms with Gasteiger partial charge in [-0.05, 0) is 24.5 Å². The summed E-state index contributed by atoms with van der Waals surface area (Å²) in [5.74, 6) is 0.104. The third-order valence-electron chi connectivity index (χ3n) is 2.46. The summed E-state index contributed by atoms with van der Waals surface area (Å²) >= 11 is 0. The van der Waals surface area contributed by atoms with Gasteiger partial charge in [0.05, 0.1) is 0 Å². The van der Waals surface area contributed by atoms with E-state index >= 15 is 0 Å². The van der Waals surface area contributed by atoms with Gasteiger partial charge in [-0.2, -0.15) is 0 Å². The Morgan fingerprint density at radius 2 is 2.25 bits per heavy atom. The molecule has 1 aromatic rings. The number of aliphatic hydroxyl groups excluding tert-OH is 1. The molecular formula is C12H18N2O2. The third kappa shape index (κ3) is 3.62. The fourth-order valence-corrected chi connectivity index (χ4v) is 1.45. The van der Waals surface area contributed by atoms with Crippen molar-refractivity contribution in [2.75, 3.05) is 6.61 Å². The van der Waals surface area contributed by atoms with Gasteiger partial charge in [-0.1, -0.05) is 19.9 Å². The van der Waals surface area contributed by atoms with Crippen LogP contribution in [0.2, 0.25) is 0 Å². The van der Waals surface area contributed by atoms with E-state index in [1.54, 1.807) is 24.4 Å². The molecule has 1 rings (SSSR count). The van der Waals surface area contributed by atoms with Crippen LogP contribution in [-0.4, -0.2) is 28.6 Å². The van der Waals surface area contributed by atoms with Crippen LogP contribution in [0.25, 0.3) is 0 Å². The molecule has 0 fully saturated rings. The van der Waals surface area contributed by atoms with E-state index in [1.165, 1.54) is 0 Å². The molecule has 0 aliphatic rings. The number of hydrogen-bond acceptors (Lipinski definition) is 3. The largest absolute Gasteiger partial charge is 0.396 e. The second-order valence-electron chi connectivity index (χ2n) is 4.05. The Kier molecular flexibility index (Phi) is 4.92. The number of aliphatic hydroxyl groups is 1. The zero-order valence-corrected chi connectivity index (χ0v) is 9.68. The highest BCUT2D eigenvalue weighted by Crippen LogP contribution is 2.06. The van der Waals surface area contributed by atoms with E-state index in [0.29, 0.717) is 18.0 Å². The van der Waals surface area contributed by atoms with Crippen molar-refractivity contribution in [1.29, 1.82) is 0 Å². The van der Waals surface area contributed by atoms with Crippen molar-refractivity contribution in [3.8, 4) is 0 Å². The molecule has 0 aliphatic heterocycles. The van der Waals surface area contributed by atoms with Crippen LogP contribution in [0.4, 0.5) is 0 Å². The van der Waals surface area contributed by atoms with Crippen LogP contribution in [0, 0.1) is 5.92 Å². The SMILES string of the molecule is CC(C)C(CCO)NC(=O)c1ccccn1. The van der Waals surface area contributed by atoms with E-state index in [0.717, 1.165) is 0 Å². The van der Waals surface area contributed by atoms with Crippen LogP contribution in [0.15, 0.2) is 24.4 Å². The van der Waals surface area contributed by atoms with Crippen molar-refractivity contribution in [2.24, 2.45) is 5.92 Å². The Morgan fingerprint density at radius 3 is 2.75 bits per heavy atom. The predicted octanol–water partition coefficient (Wildman–Crippen LogP) is 1.22. The zero-order chi connectivity index (χ0) is 12.0. The van der Waals surface area contributed by atoms with Crippen molar-refractivity contribution >= 4 is 5.91 Å². The number of amides is 1. The van der Waals surface area contributed by atoms with Gasteiger partial charge in [-0.3, -0.25) is 9.78 Å². The average Bonchev–Trinajstić information content (AvgIpc) is 2.29. The standard InChI is InChI=1S/C12H18N2O2/c1-9(2)10(6-8-15)14-12(16)11-5-3-4-7-13-11/h3-5,7,9-10,15H,6,8H2,1-2H3,(H,14,16). The second kappa shape index (κ2) is 6.23. The van der Waals surface area contributed by atoms with Gasteiger partial charge >= 0.3 is 0 Å². The molecule has 2 N–H and O–H groups in total. The van der Waals surface area contributed by atoms with E-state index in [-0.39, 0.29) is 18.6 Å². The minimum absolute atomic E-state index is 0.0143. The Hall–Kier alpha value is -1.42. The molecule has 16 heavy (non-hydrogen) atoms. The summed E-state index contributed by atoms with van der Waals surface area (Å²) in [4.78, 5) is 15.8. The lowest BCUT2D eigenvalue weighted by molar-refractivity contribution is 0.0911. The molecule has 1 amide bonds. The number of aromatic nitrogens is 1. The second-order valence-corrected chi connectivity index (χ2v) is 4.05. The number of carbonyl (C=O) groups excluding carboxylic acids is 1. The molecule has 0 saturated heterocycles. The van der Waals surface area contributed by atoms with Crippen LogP contribution in [0.1, 0.15) is 30.8 Å². The number of rotatable bonds is 5. The molecule has 0 aromatic carbocycles. The number of hydrogen-bond donors (Lipinski definition) is 2. The lowest BCUT2D eigenvalue weighted by Crippen LogP contribution is -2.39. The van der Waals surface area contributed by atoms with Gasteiger partial charge in [0.1, 0.15) is 5.69 Å². The van der Waals surface area contributed by atoms with Gasteiger partial charge in [0, 0.05) is 18.8 Å². The fourth-order valence-electron chi connectivity index (χ4n) is 1.45. The third-order valence-corrected chi connectivity index (χ3v) is 2.46. The summed E-state index contributed by atoms with van der Waals surface area (Å²) < 4.78 is 0. The molecule has 0 bridgehead atoms. The molecule has 1 atom stereocenters. The quantitative estimate of drug-likeness (QED) is 0.787. The van der Waals surface area contributed by atoms with Crippen molar-refractivity contribution < 1.29 is 9.90 Å². The highest BCUT2D eigenvalue weighted by Gasteiger charge is 2.16. The predicted molar refractivity (Wildman–Crippen MR) is 62.0 cm³/mol. The van der Waals surface area contributed by atoms with E-state index in [1.807, 2.05) is 13.8 Å². The lowest BCUT2D eigenvalue weighted by Gasteiger charge is -2.21. The molecule has 1 unspecified atom stereocenters. The lowest BCUT2D eigenvalue weighted by atomic mass is 10.0. The van der Waals surface area contributed by atoms with Crippen LogP contribution < -0.4 is 5.32 Å². The summed E-state index contributed by atoms with van der Waals surface area (Å²) in [6.45, 7) is 4.10. The van der Waals surface area contributed by atoms with E-state index in [4.69, 9.17) is 5.11 Å². The summed E-state index contributed by atoms with van der Waals surface area (Å²) in [5, 5.41) is 11.8. The van der Waals surface area contributed by atoms with Crippen LogP contribution in [-0.2, 0) is 0 Å². The average molecular weight is 222 g/mol. The van der Waals surface area contributed by atoms with Gasteiger partial charge in [0.2, 0.25) is 0 Å². The number of nitrogens with one attached hydrogen (secondary N) is 1. The molecule has 0 spiro atoms. The molecule has 4 nitrogen and oxygen atoms in total. The van der Waals surface area contributed by atoms with Gasteiger partial charge in [0.25, 0.3) is 5.91 Å². The minimum atomic E-state index is -0.187. The smallest absolute Gasteiger partial charge is 0.270 e. The maximum Gasteiger partial charge on any atom is 0.270 e. The normalized spacial score (nSPS) is 12.5. The summed E-state index contributed by atoms with van der Waals surface area (Å²) in [6, 6.07) is 5.20. The molecule has 1 heterocycles. The van der Waals surface area contributed by atoms with E-state index in [9.17, 15) is 4.79 Å². The monoisotopic (exact) mass is 222 g/mol. The Balaban J connectivity index is 2.62. The summed E-state index contributed by atoms with van der Waals surface area (Å²) in [6.07, 6.45) is 2.15. The van der Waals surface area contributed by atoms with Crippen molar-refractivity contribution in [2.45, 2.75) is 26.3 Å². The first kappa shape index (κ1) is 12.6. The molecule has 0 aliphatic carbocycles. The number of carbonyl (C=O) groups is 1. The van der Waals surface area contributed by atoms with Crippen LogP contribution in [0.3, 0.4) is 0 Å². The summed E-state index contributed by atoms with van der Waals surface area (Å²) in [7, 11) is 0. The maximum atomic E-state index is 11.8. The molecule has 0 radical (unpaired) electrons. The van der Waals surface area contributed by atoms with E-state index < -0.39 is 0 Å². The first-order chi connectivity index (χ1) is 7.65. The molecule has 88 valence electrons. The zero-order valence-electron chi connectivity index (χ0n) is 9.68. The van der Waals surface area contributed by atoms with Crippen LogP contribution >= 0.6 is 0 Å². The number of pyridine rings is 1. The van der Waals surface area contributed by atoms with Gasteiger partial charge in [-0.25, -0.2) is 0 Å². The van der Waals surface area contributed by atoms with Crippen molar-refractivity contribution in [3.63, 3.8) is 0 Å². The molecule has 1 aromatic heterocycles. The molecular weight excluding hydrogens is 204 g/mol. The summed E-state index contributed by atoms with van der Waals surface area (Å²) in [5.41, 5.74) is 0.408. The Bertz CT molecular complexity index is 325. The maximum absolute atomic E-state index is 11.8. The van der Waals surface area contributed by atoms with Gasteiger partial charge < -0.3 is 10.4 Å². The number of nitrogens with zero attached hydrogens (tertiary/aromatic N) is 1. The topological polar surface area (TPSA) is 62.2 Å². The first-order valence-corrected chi connectivity index (χ1v) is 5.48. The first-order valence-electron chi connectivity index (χ1n) is 5.48. The fraction of sp³-hybridized carbons (Fsp3) is 0.500. The van der Waals surface area contributed by atoms with Crippen molar-refractivity contribution in [1.82, 2.24) is 10.3 Å². The van der Waals surface area contributed by atoms with Crippen LogP contribution in [0.5, 0.6) is 0 Å². The molecule has 0 saturated carbocycles. The van der Waals surface area contributed by atoms with Gasteiger partial charge in [0.15, 0.2) is 0 Å². The highest BCUT2D eigenvalue weighted by molar-refractivity contribution is 5.92. The van der Waals surface area contributed by atoms with Crippen molar-refractivity contribution in [3.05, 3.63) is 30.1 Å².